The topological polar surface area (TPSA) is 52.6 Å². The first-order valence-corrected chi connectivity index (χ1v) is 5.12. The maximum Gasteiger partial charge on any atom is 0.306 e. The fraction of sp³-hybridized carbons (Fsp3) is 0.636. The van der Waals surface area contributed by atoms with Gasteiger partial charge in [-0.05, 0) is 19.8 Å². The van der Waals surface area contributed by atoms with Crippen molar-refractivity contribution in [2.24, 2.45) is 0 Å². The summed E-state index contributed by atoms with van der Waals surface area (Å²) >= 11 is 0. The van der Waals surface area contributed by atoms with E-state index in [9.17, 15) is 9.59 Å². The van der Waals surface area contributed by atoms with Crippen molar-refractivity contribution in [3.8, 4) is 0 Å². The number of carbonyl (C=O) groups is 2. The highest BCUT2D eigenvalue weighted by atomic mass is 16.5. The summed E-state index contributed by atoms with van der Waals surface area (Å²) in [6.07, 6.45) is 3.53. The van der Waals surface area contributed by atoms with E-state index in [0.717, 1.165) is 0 Å². The number of carbonyl (C=O) groups excluding carboxylic acids is 2. The Morgan fingerprint density at radius 2 is 1.67 bits per heavy atom. The van der Waals surface area contributed by atoms with Crippen molar-refractivity contribution in [3.05, 3.63) is 12.7 Å². The second-order valence-electron chi connectivity index (χ2n) is 2.98. The van der Waals surface area contributed by atoms with Gasteiger partial charge < -0.3 is 9.47 Å². The Labute approximate surface area is 90.2 Å². The van der Waals surface area contributed by atoms with Crippen molar-refractivity contribution >= 4 is 11.9 Å². The molecule has 0 N–H and O–H groups in total. The fourth-order valence-corrected chi connectivity index (χ4v) is 0.996. The number of unbranched alkanes of at least 4 members (excludes halogenated alkanes) is 1. The molecule has 0 heterocycles. The Morgan fingerprint density at radius 1 is 1.13 bits per heavy atom. The van der Waals surface area contributed by atoms with Crippen LogP contribution in [0.2, 0.25) is 0 Å². The summed E-state index contributed by atoms with van der Waals surface area (Å²) in [4.78, 5) is 21.9. The minimum Gasteiger partial charge on any atom is -0.466 e. The average Bonchev–Trinajstić information content (AvgIpc) is 2.22. The van der Waals surface area contributed by atoms with Gasteiger partial charge in [-0.1, -0.05) is 12.7 Å². The van der Waals surface area contributed by atoms with Crippen molar-refractivity contribution in [1.29, 1.82) is 0 Å². The lowest BCUT2D eigenvalue weighted by atomic mass is 10.2. The van der Waals surface area contributed by atoms with E-state index in [4.69, 9.17) is 9.47 Å². The highest BCUT2D eigenvalue weighted by molar-refractivity contribution is 5.70. The van der Waals surface area contributed by atoms with Gasteiger partial charge in [0.15, 0.2) is 0 Å². The van der Waals surface area contributed by atoms with Crippen molar-refractivity contribution in [3.63, 3.8) is 0 Å². The SMILES string of the molecule is C=CCOC(=O)CCCCC(=O)OCC. The molecule has 0 aliphatic rings. The predicted molar refractivity (Wildman–Crippen MR) is 56.3 cm³/mol. The molecule has 0 radical (unpaired) electrons. The number of ether oxygens (including phenoxy) is 2. The van der Waals surface area contributed by atoms with E-state index in [1.54, 1.807) is 6.92 Å². The molecule has 0 aliphatic heterocycles. The summed E-state index contributed by atoms with van der Waals surface area (Å²) in [5.41, 5.74) is 0. The van der Waals surface area contributed by atoms with E-state index < -0.39 is 0 Å². The standard InChI is InChI=1S/C11H18O4/c1-3-9-15-11(13)8-6-5-7-10(12)14-4-2/h3H,1,4-9H2,2H3. The van der Waals surface area contributed by atoms with Crippen molar-refractivity contribution in [2.45, 2.75) is 32.6 Å². The number of hydrogen-bond acceptors (Lipinski definition) is 4. The lowest BCUT2D eigenvalue weighted by molar-refractivity contribution is -0.145. The molecule has 0 spiro atoms. The zero-order chi connectivity index (χ0) is 11.5. The van der Waals surface area contributed by atoms with Gasteiger partial charge in [0.25, 0.3) is 0 Å². The molecule has 0 rings (SSSR count). The van der Waals surface area contributed by atoms with Crippen LogP contribution < -0.4 is 0 Å². The normalized spacial score (nSPS) is 9.40. The molecular weight excluding hydrogens is 196 g/mol. The van der Waals surface area contributed by atoms with Crippen molar-refractivity contribution < 1.29 is 19.1 Å². The van der Waals surface area contributed by atoms with E-state index in [-0.39, 0.29) is 18.5 Å². The Bertz CT molecular complexity index is 211. The number of esters is 2. The van der Waals surface area contributed by atoms with Crippen LogP contribution in [-0.2, 0) is 19.1 Å². The van der Waals surface area contributed by atoms with Crippen molar-refractivity contribution in [1.82, 2.24) is 0 Å². The van der Waals surface area contributed by atoms with E-state index in [0.29, 0.717) is 32.3 Å². The monoisotopic (exact) mass is 214 g/mol. The minimum absolute atomic E-state index is 0.211. The first-order valence-electron chi connectivity index (χ1n) is 5.12. The number of hydrogen-bond donors (Lipinski definition) is 0. The van der Waals surface area contributed by atoms with E-state index in [1.165, 1.54) is 6.08 Å². The molecule has 86 valence electrons. The van der Waals surface area contributed by atoms with Crippen LogP contribution in [0.3, 0.4) is 0 Å². The first-order chi connectivity index (χ1) is 7.20. The van der Waals surface area contributed by atoms with Crippen LogP contribution in [0.15, 0.2) is 12.7 Å². The minimum atomic E-state index is -0.251. The maximum absolute atomic E-state index is 11.0. The Morgan fingerprint density at radius 3 is 2.13 bits per heavy atom. The molecule has 0 bridgehead atoms. The third-order valence-electron chi connectivity index (χ3n) is 1.68. The summed E-state index contributed by atoms with van der Waals surface area (Å²) in [5, 5.41) is 0. The molecule has 0 aliphatic carbocycles. The van der Waals surface area contributed by atoms with Crippen LogP contribution in [0.25, 0.3) is 0 Å². The summed E-state index contributed by atoms with van der Waals surface area (Å²) in [6, 6.07) is 0. The third-order valence-corrected chi connectivity index (χ3v) is 1.68. The van der Waals surface area contributed by atoms with Crippen LogP contribution in [-0.4, -0.2) is 25.2 Å². The van der Waals surface area contributed by atoms with Gasteiger partial charge in [0.05, 0.1) is 6.61 Å². The van der Waals surface area contributed by atoms with Crippen molar-refractivity contribution in [2.75, 3.05) is 13.2 Å². The maximum atomic E-state index is 11.0. The van der Waals surface area contributed by atoms with Gasteiger partial charge in [0, 0.05) is 12.8 Å². The predicted octanol–water partition coefficient (Wildman–Crippen LogP) is 1.84. The van der Waals surface area contributed by atoms with Crippen LogP contribution in [0.4, 0.5) is 0 Å². The molecule has 0 aromatic heterocycles. The van der Waals surface area contributed by atoms with Gasteiger partial charge in [-0.25, -0.2) is 0 Å². The molecule has 15 heavy (non-hydrogen) atoms. The zero-order valence-corrected chi connectivity index (χ0v) is 9.16. The molecule has 0 unspecified atom stereocenters. The second-order valence-corrected chi connectivity index (χ2v) is 2.98. The average molecular weight is 214 g/mol. The molecule has 0 fully saturated rings. The smallest absolute Gasteiger partial charge is 0.306 e. The summed E-state index contributed by atoms with van der Waals surface area (Å²) < 4.78 is 9.52. The summed E-state index contributed by atoms with van der Waals surface area (Å²) in [6.45, 7) is 5.85. The molecular formula is C11H18O4. The van der Waals surface area contributed by atoms with Crippen LogP contribution in [0, 0.1) is 0 Å². The van der Waals surface area contributed by atoms with Gasteiger partial charge in [0.2, 0.25) is 0 Å². The molecule has 4 heteroatoms. The summed E-state index contributed by atoms with van der Waals surface area (Å²) in [7, 11) is 0. The Hall–Kier alpha value is -1.32. The highest BCUT2D eigenvalue weighted by Gasteiger charge is 2.04. The third kappa shape index (κ3) is 9.00. The van der Waals surface area contributed by atoms with Gasteiger partial charge in [-0.2, -0.15) is 0 Å². The molecule has 0 saturated carbocycles. The molecule has 0 amide bonds. The van der Waals surface area contributed by atoms with Gasteiger partial charge in [0.1, 0.15) is 6.61 Å². The molecule has 0 saturated heterocycles. The zero-order valence-electron chi connectivity index (χ0n) is 9.16. The van der Waals surface area contributed by atoms with Gasteiger partial charge in [-0.15, -0.1) is 0 Å². The Balaban J connectivity index is 3.33. The molecule has 0 atom stereocenters. The quantitative estimate of drug-likeness (QED) is 0.351. The highest BCUT2D eigenvalue weighted by Crippen LogP contribution is 2.02. The largest absolute Gasteiger partial charge is 0.466 e. The lowest BCUT2D eigenvalue weighted by Crippen LogP contribution is -2.06. The van der Waals surface area contributed by atoms with E-state index in [1.807, 2.05) is 0 Å². The molecule has 0 aromatic rings. The number of rotatable bonds is 8. The van der Waals surface area contributed by atoms with Gasteiger partial charge in [-0.3, -0.25) is 9.59 Å². The van der Waals surface area contributed by atoms with E-state index in [2.05, 4.69) is 6.58 Å². The lowest BCUT2D eigenvalue weighted by Gasteiger charge is -2.02. The molecule has 0 aromatic carbocycles. The second kappa shape index (κ2) is 9.24. The van der Waals surface area contributed by atoms with Crippen LogP contribution in [0.5, 0.6) is 0 Å². The first kappa shape index (κ1) is 13.7. The van der Waals surface area contributed by atoms with Crippen LogP contribution in [0.1, 0.15) is 32.6 Å². The summed E-state index contributed by atoms with van der Waals surface area (Å²) in [5.74, 6) is -0.462. The van der Waals surface area contributed by atoms with E-state index >= 15 is 0 Å². The van der Waals surface area contributed by atoms with Gasteiger partial charge >= 0.3 is 11.9 Å². The van der Waals surface area contributed by atoms with Crippen LogP contribution >= 0.6 is 0 Å². The Kier molecular flexibility index (Phi) is 8.43. The fourth-order valence-electron chi connectivity index (χ4n) is 0.996. The molecule has 4 nitrogen and oxygen atoms in total.